The van der Waals surface area contributed by atoms with Gasteiger partial charge in [-0.2, -0.15) is 5.10 Å². The second kappa shape index (κ2) is 11.0. The summed E-state index contributed by atoms with van der Waals surface area (Å²) in [6.45, 7) is 5.14. The number of urea groups is 1. The zero-order valence-electron chi connectivity index (χ0n) is 22.1. The van der Waals surface area contributed by atoms with Gasteiger partial charge in [0.15, 0.2) is 23.1 Å². The van der Waals surface area contributed by atoms with E-state index in [-0.39, 0.29) is 47.3 Å². The molecule has 0 unspecified atom stereocenters. The predicted molar refractivity (Wildman–Crippen MR) is 144 cm³/mol. The fraction of sp³-hybridized carbons (Fsp3) is 0.321. The topological polar surface area (TPSA) is 158 Å². The van der Waals surface area contributed by atoms with E-state index >= 15 is 0 Å². The van der Waals surface area contributed by atoms with E-state index < -0.39 is 17.7 Å². The van der Waals surface area contributed by atoms with Crippen LogP contribution >= 0.6 is 0 Å². The monoisotopic (exact) mass is 557 g/mol. The minimum atomic E-state index is -0.491. The van der Waals surface area contributed by atoms with Crippen molar-refractivity contribution in [2.24, 2.45) is 0 Å². The summed E-state index contributed by atoms with van der Waals surface area (Å²) in [7, 11) is 0. The van der Waals surface area contributed by atoms with Gasteiger partial charge in [-0.25, -0.2) is 4.79 Å². The van der Waals surface area contributed by atoms with Crippen LogP contribution in [0.3, 0.4) is 0 Å². The van der Waals surface area contributed by atoms with Gasteiger partial charge in [0.1, 0.15) is 0 Å². The van der Waals surface area contributed by atoms with Crippen LogP contribution in [-0.2, 0) is 11.3 Å². The molecule has 0 atom stereocenters. The van der Waals surface area contributed by atoms with Crippen LogP contribution in [0, 0.1) is 0 Å². The molecule has 0 saturated carbocycles. The summed E-state index contributed by atoms with van der Waals surface area (Å²) in [5.74, 6) is -1.25. The molecule has 0 radical (unpaired) electrons. The van der Waals surface area contributed by atoms with Crippen molar-refractivity contribution in [2.75, 3.05) is 50.7 Å². The Morgan fingerprint density at radius 1 is 0.878 bits per heavy atom. The number of amides is 4. The number of aromatic nitrogens is 2. The van der Waals surface area contributed by atoms with E-state index in [9.17, 15) is 24.0 Å². The molecule has 4 heterocycles. The third-order valence-electron chi connectivity index (χ3n) is 7.42. The summed E-state index contributed by atoms with van der Waals surface area (Å²) in [6, 6.07) is 11.0. The number of imide groups is 1. The second-order valence-corrected chi connectivity index (χ2v) is 10.1. The van der Waals surface area contributed by atoms with E-state index in [2.05, 4.69) is 30.6 Å². The van der Waals surface area contributed by atoms with Gasteiger partial charge in [0.25, 0.3) is 5.91 Å². The van der Waals surface area contributed by atoms with Gasteiger partial charge in [-0.05, 0) is 12.1 Å². The first-order valence-corrected chi connectivity index (χ1v) is 13.4. The van der Waals surface area contributed by atoms with Crippen LogP contribution in [0.1, 0.15) is 54.7 Å². The molecule has 210 valence electrons. The van der Waals surface area contributed by atoms with Crippen molar-refractivity contribution in [3.63, 3.8) is 0 Å². The van der Waals surface area contributed by atoms with Crippen molar-refractivity contribution in [3.8, 4) is 0 Å². The van der Waals surface area contributed by atoms with Crippen molar-refractivity contribution >= 4 is 35.2 Å². The molecular weight excluding hydrogens is 530 g/mol. The summed E-state index contributed by atoms with van der Waals surface area (Å²) in [6.07, 6.45) is 0.227. The van der Waals surface area contributed by atoms with Crippen molar-refractivity contribution in [1.29, 1.82) is 0 Å². The van der Waals surface area contributed by atoms with Crippen LogP contribution in [0.5, 0.6) is 0 Å². The van der Waals surface area contributed by atoms with Gasteiger partial charge in [-0.3, -0.25) is 39.2 Å². The Morgan fingerprint density at radius 2 is 1.61 bits per heavy atom. The molecular formula is C28H27N7O6. The van der Waals surface area contributed by atoms with Crippen molar-refractivity contribution < 1.29 is 28.4 Å². The van der Waals surface area contributed by atoms with Gasteiger partial charge in [0, 0.05) is 76.0 Å². The van der Waals surface area contributed by atoms with E-state index in [1.165, 1.54) is 11.0 Å². The number of carbonyl (C=O) groups is 5. The Morgan fingerprint density at radius 3 is 2.32 bits per heavy atom. The Kier molecular flexibility index (Phi) is 7.12. The molecule has 1 aromatic carbocycles. The lowest BCUT2D eigenvalue weighted by Crippen LogP contribution is -2.50. The Labute approximate surface area is 234 Å². The number of benzene rings is 1. The zero-order chi connectivity index (χ0) is 28.5. The molecule has 13 heteroatoms. The highest BCUT2D eigenvalue weighted by Crippen LogP contribution is 2.29. The molecule has 2 N–H and O–H groups in total. The van der Waals surface area contributed by atoms with E-state index in [1.807, 2.05) is 6.07 Å². The van der Waals surface area contributed by atoms with Crippen LogP contribution < -0.4 is 15.5 Å². The minimum Gasteiger partial charge on any atom is -0.447 e. The summed E-state index contributed by atoms with van der Waals surface area (Å²) in [5, 5.41) is 13.5. The summed E-state index contributed by atoms with van der Waals surface area (Å²) in [4.78, 5) is 67.4. The van der Waals surface area contributed by atoms with Crippen LogP contribution in [0.15, 0.2) is 46.9 Å². The number of furan rings is 1. The average Bonchev–Trinajstić information content (AvgIpc) is 3.44. The van der Waals surface area contributed by atoms with E-state index in [0.717, 1.165) is 31.9 Å². The number of hydrogen-bond donors (Lipinski definition) is 2. The molecule has 1 aliphatic carbocycles. The fourth-order valence-corrected chi connectivity index (χ4v) is 5.17. The third-order valence-corrected chi connectivity index (χ3v) is 7.42. The minimum absolute atomic E-state index is 0.0594. The van der Waals surface area contributed by atoms with Crippen LogP contribution in [0.2, 0.25) is 0 Å². The van der Waals surface area contributed by atoms with E-state index in [1.54, 1.807) is 30.3 Å². The molecule has 6 rings (SSSR count). The summed E-state index contributed by atoms with van der Waals surface area (Å²) < 4.78 is 5.52. The van der Waals surface area contributed by atoms with Gasteiger partial charge in [0.2, 0.25) is 11.7 Å². The third kappa shape index (κ3) is 5.36. The highest BCUT2D eigenvalue weighted by Gasteiger charge is 2.34. The lowest BCUT2D eigenvalue weighted by atomic mass is 9.89. The van der Waals surface area contributed by atoms with Gasteiger partial charge < -0.3 is 9.73 Å². The summed E-state index contributed by atoms with van der Waals surface area (Å²) in [5.41, 5.74) is 1.48. The number of nitrogens with zero attached hydrogens (tertiary/aromatic N) is 5. The lowest BCUT2D eigenvalue weighted by Gasteiger charge is -2.34. The van der Waals surface area contributed by atoms with Gasteiger partial charge in [-0.15, -0.1) is 5.10 Å². The first kappa shape index (κ1) is 26.5. The Balaban J connectivity index is 0.952. The molecule has 3 aromatic rings. The Bertz CT molecular complexity index is 1490. The van der Waals surface area contributed by atoms with Crippen LogP contribution in [-0.4, -0.2) is 95.2 Å². The maximum atomic E-state index is 12.8. The van der Waals surface area contributed by atoms with Crippen molar-refractivity contribution in [3.05, 3.63) is 76.4 Å². The molecule has 2 aromatic heterocycles. The maximum Gasteiger partial charge on any atom is 0.329 e. The van der Waals surface area contributed by atoms with Gasteiger partial charge in [0.05, 0.1) is 11.3 Å². The smallest absolute Gasteiger partial charge is 0.329 e. The number of nitrogens with one attached hydrogen (secondary N) is 2. The first-order valence-electron chi connectivity index (χ1n) is 13.4. The molecule has 13 nitrogen and oxygen atoms in total. The average molecular weight is 558 g/mol. The van der Waals surface area contributed by atoms with Crippen LogP contribution in [0.25, 0.3) is 0 Å². The predicted octanol–water partition coefficient (Wildman–Crippen LogP) is 0.839. The standard InChI is InChI=1S/C28H27N7O6/c36-23-7-9-35(28(40)30-23)22-6-5-17(31-32-22)16-34-13-11-33(12-14-34)10-8-29-27(39)21-15-20-24(37)18-3-1-2-4-19(18)25(38)26(20)41-21/h1-6,15H,7-14,16H2,(H,29,39)(H,30,36,40). The number of carbonyl (C=O) groups excluding carboxylic acids is 5. The molecule has 0 spiro atoms. The van der Waals surface area contributed by atoms with E-state index in [4.69, 9.17) is 4.42 Å². The lowest BCUT2D eigenvalue weighted by molar-refractivity contribution is -0.120. The zero-order valence-corrected chi connectivity index (χ0v) is 22.1. The number of piperazine rings is 1. The van der Waals surface area contributed by atoms with E-state index in [0.29, 0.717) is 31.0 Å². The van der Waals surface area contributed by atoms with Gasteiger partial charge >= 0.3 is 6.03 Å². The molecule has 4 amide bonds. The molecule has 2 aliphatic heterocycles. The maximum absolute atomic E-state index is 12.8. The normalized spacial score (nSPS) is 17.7. The fourth-order valence-electron chi connectivity index (χ4n) is 5.17. The highest BCUT2D eigenvalue weighted by molar-refractivity contribution is 6.27. The largest absolute Gasteiger partial charge is 0.447 e. The SMILES string of the molecule is O=C1CCN(c2ccc(CN3CCN(CCNC(=O)c4cc5c(o4)C(=O)c4ccccc4C5=O)CC3)nn2)C(=O)N1. The number of anilines is 1. The van der Waals surface area contributed by atoms with Gasteiger partial charge in [-0.1, -0.05) is 24.3 Å². The number of ketones is 2. The first-order chi connectivity index (χ1) is 19.9. The summed E-state index contributed by atoms with van der Waals surface area (Å²) >= 11 is 0. The van der Waals surface area contributed by atoms with Crippen LogP contribution in [0.4, 0.5) is 10.6 Å². The van der Waals surface area contributed by atoms with Crippen molar-refractivity contribution in [1.82, 2.24) is 30.6 Å². The second-order valence-electron chi connectivity index (χ2n) is 10.1. The molecule has 2 fully saturated rings. The molecule has 0 bridgehead atoms. The number of rotatable bonds is 7. The number of fused-ring (bicyclic) bond motifs is 2. The number of hydrogen-bond acceptors (Lipinski definition) is 10. The molecule has 41 heavy (non-hydrogen) atoms. The molecule has 3 aliphatic rings. The molecule has 2 saturated heterocycles. The van der Waals surface area contributed by atoms with Crippen molar-refractivity contribution in [2.45, 2.75) is 13.0 Å². The Hall–Kier alpha value is -4.75. The quantitative estimate of drug-likeness (QED) is 0.334. The highest BCUT2D eigenvalue weighted by atomic mass is 16.4.